The first-order valence-corrected chi connectivity index (χ1v) is 5.67. The second-order valence-electron chi connectivity index (χ2n) is 3.84. The summed E-state index contributed by atoms with van der Waals surface area (Å²) >= 11 is 6.02. The zero-order valence-electron chi connectivity index (χ0n) is 9.98. The molecule has 0 bridgehead atoms. The maximum Gasteiger partial charge on any atom is 0.352 e. The van der Waals surface area contributed by atoms with Crippen molar-refractivity contribution >= 4 is 17.6 Å². The van der Waals surface area contributed by atoms with Crippen LogP contribution in [0, 0.1) is 6.92 Å². The summed E-state index contributed by atoms with van der Waals surface area (Å²) in [5.41, 5.74) is 1.69. The quantitative estimate of drug-likeness (QED) is 0.927. The van der Waals surface area contributed by atoms with Gasteiger partial charge in [-0.25, -0.2) is 4.79 Å². The molecule has 18 heavy (non-hydrogen) atoms. The van der Waals surface area contributed by atoms with Crippen LogP contribution in [0.1, 0.15) is 16.1 Å². The molecule has 1 aromatic carbocycles. The van der Waals surface area contributed by atoms with E-state index < -0.39 is 5.97 Å². The van der Waals surface area contributed by atoms with Gasteiger partial charge in [-0.1, -0.05) is 11.6 Å². The average molecular weight is 266 g/mol. The number of benzene rings is 1. The monoisotopic (exact) mass is 265 g/mol. The van der Waals surface area contributed by atoms with E-state index in [1.54, 1.807) is 29.0 Å². The number of carboxylic acid groups (broad SMARTS) is 1. The summed E-state index contributed by atoms with van der Waals surface area (Å²) in [6.07, 6.45) is 1.68. The molecule has 1 aromatic heterocycles. The molecule has 94 valence electrons. The molecule has 0 aliphatic rings. The Hall–Kier alpha value is -1.94. The van der Waals surface area contributed by atoms with Crippen molar-refractivity contribution in [3.05, 3.63) is 46.7 Å². The molecule has 0 aliphatic carbocycles. The molecule has 2 rings (SSSR count). The number of aryl methyl sites for hydroxylation is 1. The predicted octanol–water partition coefficient (Wildman–Crippen LogP) is 3.15. The fourth-order valence-electron chi connectivity index (χ4n) is 1.77. The van der Waals surface area contributed by atoms with Crippen molar-refractivity contribution in [3.8, 4) is 11.4 Å². The zero-order valence-corrected chi connectivity index (χ0v) is 10.7. The normalized spacial score (nSPS) is 10.4. The highest BCUT2D eigenvalue weighted by molar-refractivity contribution is 6.31. The first-order valence-electron chi connectivity index (χ1n) is 5.29. The van der Waals surface area contributed by atoms with Crippen molar-refractivity contribution < 1.29 is 14.6 Å². The smallest absolute Gasteiger partial charge is 0.352 e. The third kappa shape index (κ3) is 2.07. The Labute approximate surface area is 109 Å². The highest BCUT2D eigenvalue weighted by Crippen LogP contribution is 2.30. The number of aromatic carboxylic acids is 1. The van der Waals surface area contributed by atoms with Gasteiger partial charge in [0.25, 0.3) is 0 Å². The number of methoxy groups -OCH3 is 1. The molecule has 4 nitrogen and oxygen atoms in total. The third-order valence-corrected chi connectivity index (χ3v) is 3.09. The van der Waals surface area contributed by atoms with Crippen LogP contribution in [0.15, 0.2) is 30.5 Å². The van der Waals surface area contributed by atoms with E-state index in [1.165, 1.54) is 13.2 Å². The standard InChI is InChI=1S/C13H12ClNO3/c1-8-6-11(12(18-2)7-9(8)14)15-5-3-4-10(15)13(16)17/h3-7H,1-2H3,(H,16,17). The van der Waals surface area contributed by atoms with E-state index >= 15 is 0 Å². The number of carboxylic acids is 1. The van der Waals surface area contributed by atoms with Crippen molar-refractivity contribution in [2.45, 2.75) is 6.92 Å². The first-order chi connectivity index (χ1) is 8.54. The second kappa shape index (κ2) is 4.74. The van der Waals surface area contributed by atoms with Gasteiger partial charge in [0.05, 0.1) is 12.8 Å². The Morgan fingerprint density at radius 1 is 1.44 bits per heavy atom. The van der Waals surface area contributed by atoms with Crippen molar-refractivity contribution in [3.63, 3.8) is 0 Å². The van der Waals surface area contributed by atoms with Gasteiger partial charge in [0.15, 0.2) is 0 Å². The van der Waals surface area contributed by atoms with Crippen LogP contribution in [0.5, 0.6) is 5.75 Å². The lowest BCUT2D eigenvalue weighted by Crippen LogP contribution is -2.07. The average Bonchev–Trinajstić information content (AvgIpc) is 2.81. The SMILES string of the molecule is COc1cc(Cl)c(C)cc1-n1cccc1C(=O)O. The van der Waals surface area contributed by atoms with Gasteiger partial charge in [-0.05, 0) is 30.7 Å². The molecule has 0 amide bonds. The van der Waals surface area contributed by atoms with E-state index in [4.69, 9.17) is 21.4 Å². The van der Waals surface area contributed by atoms with Crippen LogP contribution < -0.4 is 4.74 Å². The van der Waals surface area contributed by atoms with Gasteiger partial charge in [-0.15, -0.1) is 0 Å². The van der Waals surface area contributed by atoms with Crippen molar-refractivity contribution in [2.24, 2.45) is 0 Å². The molecular weight excluding hydrogens is 254 g/mol. The molecule has 1 N–H and O–H groups in total. The van der Waals surface area contributed by atoms with E-state index in [0.29, 0.717) is 16.5 Å². The number of hydrogen-bond donors (Lipinski definition) is 1. The number of aromatic nitrogens is 1. The van der Waals surface area contributed by atoms with E-state index in [0.717, 1.165) is 5.56 Å². The predicted molar refractivity (Wildman–Crippen MR) is 69.0 cm³/mol. The molecule has 1 heterocycles. The molecule has 0 aliphatic heterocycles. The number of rotatable bonds is 3. The lowest BCUT2D eigenvalue weighted by Gasteiger charge is -2.13. The van der Waals surface area contributed by atoms with Gasteiger partial charge >= 0.3 is 5.97 Å². The van der Waals surface area contributed by atoms with E-state index in [1.807, 2.05) is 6.92 Å². The van der Waals surface area contributed by atoms with Gasteiger partial charge in [0, 0.05) is 17.3 Å². The minimum absolute atomic E-state index is 0.176. The van der Waals surface area contributed by atoms with Crippen molar-refractivity contribution in [1.29, 1.82) is 0 Å². The third-order valence-electron chi connectivity index (χ3n) is 2.69. The van der Waals surface area contributed by atoms with Crippen LogP contribution in [0.3, 0.4) is 0 Å². The molecule has 0 fully saturated rings. The Kier molecular flexibility index (Phi) is 3.30. The van der Waals surface area contributed by atoms with Crippen LogP contribution >= 0.6 is 11.6 Å². The van der Waals surface area contributed by atoms with Crippen LogP contribution in [0.25, 0.3) is 5.69 Å². The van der Waals surface area contributed by atoms with Gasteiger partial charge in [-0.2, -0.15) is 0 Å². The molecule has 0 atom stereocenters. The minimum Gasteiger partial charge on any atom is -0.495 e. The molecule has 0 radical (unpaired) electrons. The second-order valence-corrected chi connectivity index (χ2v) is 4.25. The number of hydrogen-bond acceptors (Lipinski definition) is 2. The van der Waals surface area contributed by atoms with Crippen LogP contribution in [0.4, 0.5) is 0 Å². The Morgan fingerprint density at radius 3 is 2.78 bits per heavy atom. The summed E-state index contributed by atoms with van der Waals surface area (Å²) in [6, 6.07) is 6.68. The van der Waals surface area contributed by atoms with Gasteiger partial charge in [0.1, 0.15) is 11.4 Å². The Morgan fingerprint density at radius 2 is 2.17 bits per heavy atom. The number of carbonyl (C=O) groups is 1. The molecule has 0 saturated heterocycles. The summed E-state index contributed by atoms with van der Waals surface area (Å²) in [6.45, 7) is 1.86. The van der Waals surface area contributed by atoms with E-state index in [2.05, 4.69) is 0 Å². The van der Waals surface area contributed by atoms with E-state index in [-0.39, 0.29) is 5.69 Å². The summed E-state index contributed by atoms with van der Waals surface area (Å²) in [7, 11) is 1.52. The minimum atomic E-state index is -0.991. The number of halogens is 1. The molecule has 0 saturated carbocycles. The molecule has 0 unspecified atom stereocenters. The van der Waals surface area contributed by atoms with Crippen LogP contribution in [-0.4, -0.2) is 22.8 Å². The largest absolute Gasteiger partial charge is 0.495 e. The molecular formula is C13H12ClNO3. The number of nitrogens with zero attached hydrogens (tertiary/aromatic N) is 1. The Balaban J connectivity index is 2.66. The molecule has 2 aromatic rings. The fourth-order valence-corrected chi connectivity index (χ4v) is 1.92. The maximum atomic E-state index is 11.1. The highest BCUT2D eigenvalue weighted by Gasteiger charge is 2.15. The summed E-state index contributed by atoms with van der Waals surface area (Å²) in [5, 5.41) is 9.70. The lowest BCUT2D eigenvalue weighted by molar-refractivity contribution is 0.0688. The lowest BCUT2D eigenvalue weighted by atomic mass is 10.2. The summed E-state index contributed by atoms with van der Waals surface area (Å²) in [4.78, 5) is 11.1. The molecule has 0 spiro atoms. The Bertz CT molecular complexity index is 604. The zero-order chi connectivity index (χ0) is 13.3. The van der Waals surface area contributed by atoms with Gasteiger partial charge in [-0.3, -0.25) is 0 Å². The van der Waals surface area contributed by atoms with Crippen LogP contribution in [0.2, 0.25) is 5.02 Å². The van der Waals surface area contributed by atoms with Gasteiger partial charge < -0.3 is 14.4 Å². The summed E-state index contributed by atoms with van der Waals surface area (Å²) < 4.78 is 6.80. The van der Waals surface area contributed by atoms with Crippen LogP contribution in [-0.2, 0) is 0 Å². The maximum absolute atomic E-state index is 11.1. The van der Waals surface area contributed by atoms with Crippen molar-refractivity contribution in [2.75, 3.05) is 7.11 Å². The summed E-state index contributed by atoms with van der Waals surface area (Å²) in [5.74, 6) is -0.459. The topological polar surface area (TPSA) is 51.5 Å². The van der Waals surface area contributed by atoms with Crippen molar-refractivity contribution in [1.82, 2.24) is 4.57 Å². The first kappa shape index (κ1) is 12.5. The molecule has 5 heteroatoms. The highest BCUT2D eigenvalue weighted by atomic mass is 35.5. The van der Waals surface area contributed by atoms with Gasteiger partial charge in [0.2, 0.25) is 0 Å². The van der Waals surface area contributed by atoms with E-state index in [9.17, 15) is 4.79 Å². The fraction of sp³-hybridized carbons (Fsp3) is 0.154. The number of ether oxygens (including phenoxy) is 1.